The molecule has 2 rings (SSSR count). The van der Waals surface area contributed by atoms with Crippen LogP contribution < -0.4 is 15.2 Å². The van der Waals surface area contributed by atoms with Gasteiger partial charge in [0.05, 0.1) is 14.2 Å². The minimum Gasteiger partial charge on any atom is -0.496 e. The van der Waals surface area contributed by atoms with Gasteiger partial charge in [-0.3, -0.25) is 4.79 Å². The largest absolute Gasteiger partial charge is 0.496 e. The Bertz CT molecular complexity index is 628. The standard InChI is InChI=1S/C16H17NO3/c1-10-9-11(7-8-12(10)17)16(18)15-13(19-2)5-4-6-14(15)20-3/h4-9H,17H2,1-3H3. The van der Waals surface area contributed by atoms with Crippen LogP contribution in [-0.2, 0) is 0 Å². The van der Waals surface area contributed by atoms with Crippen LogP contribution in [0.25, 0.3) is 0 Å². The predicted octanol–water partition coefficient (Wildman–Crippen LogP) is 2.83. The van der Waals surface area contributed by atoms with Crippen LogP contribution >= 0.6 is 0 Å². The number of nitrogens with two attached hydrogens (primary N) is 1. The van der Waals surface area contributed by atoms with E-state index in [1.807, 2.05) is 6.92 Å². The van der Waals surface area contributed by atoms with E-state index in [2.05, 4.69) is 0 Å². The van der Waals surface area contributed by atoms with E-state index in [0.717, 1.165) is 5.56 Å². The van der Waals surface area contributed by atoms with Gasteiger partial charge in [0.2, 0.25) is 5.78 Å². The monoisotopic (exact) mass is 271 g/mol. The van der Waals surface area contributed by atoms with E-state index in [0.29, 0.717) is 28.3 Å². The third-order valence-electron chi connectivity index (χ3n) is 3.19. The molecule has 4 nitrogen and oxygen atoms in total. The molecule has 20 heavy (non-hydrogen) atoms. The molecule has 0 saturated carbocycles. The molecule has 2 aromatic rings. The highest BCUT2D eigenvalue weighted by atomic mass is 16.5. The Balaban J connectivity index is 2.55. The molecular weight excluding hydrogens is 254 g/mol. The number of ether oxygens (including phenoxy) is 2. The van der Waals surface area contributed by atoms with E-state index < -0.39 is 0 Å². The summed E-state index contributed by atoms with van der Waals surface area (Å²) >= 11 is 0. The maximum absolute atomic E-state index is 12.7. The molecule has 0 amide bonds. The molecule has 2 aromatic carbocycles. The number of nitrogen functional groups attached to an aromatic ring is 1. The molecular formula is C16H17NO3. The second-order valence-corrected chi connectivity index (χ2v) is 4.44. The molecule has 0 aliphatic heterocycles. The fraction of sp³-hybridized carbons (Fsp3) is 0.188. The zero-order valence-corrected chi connectivity index (χ0v) is 11.8. The number of anilines is 1. The van der Waals surface area contributed by atoms with Crippen LogP contribution in [0.1, 0.15) is 21.5 Å². The Kier molecular flexibility index (Phi) is 3.94. The van der Waals surface area contributed by atoms with E-state index in [-0.39, 0.29) is 5.78 Å². The molecule has 0 aliphatic rings. The van der Waals surface area contributed by atoms with E-state index >= 15 is 0 Å². The Labute approximate surface area is 118 Å². The van der Waals surface area contributed by atoms with Crippen molar-refractivity contribution in [3.63, 3.8) is 0 Å². The highest BCUT2D eigenvalue weighted by molar-refractivity contribution is 6.12. The molecule has 2 N–H and O–H groups in total. The van der Waals surface area contributed by atoms with E-state index in [9.17, 15) is 4.79 Å². The fourth-order valence-electron chi connectivity index (χ4n) is 2.04. The van der Waals surface area contributed by atoms with Crippen LogP contribution in [0.3, 0.4) is 0 Å². The molecule has 0 fully saturated rings. The Morgan fingerprint density at radius 1 is 1.05 bits per heavy atom. The zero-order valence-electron chi connectivity index (χ0n) is 11.8. The molecule has 0 spiro atoms. The molecule has 4 heteroatoms. The van der Waals surface area contributed by atoms with Crippen molar-refractivity contribution in [3.05, 3.63) is 53.1 Å². The summed E-state index contributed by atoms with van der Waals surface area (Å²) in [5, 5.41) is 0. The van der Waals surface area contributed by atoms with Crippen molar-refractivity contribution in [3.8, 4) is 11.5 Å². The minimum absolute atomic E-state index is 0.151. The highest BCUT2D eigenvalue weighted by Crippen LogP contribution is 2.31. The quantitative estimate of drug-likeness (QED) is 0.686. The lowest BCUT2D eigenvalue weighted by Crippen LogP contribution is -2.07. The van der Waals surface area contributed by atoms with E-state index in [4.69, 9.17) is 15.2 Å². The van der Waals surface area contributed by atoms with E-state index in [1.165, 1.54) is 14.2 Å². The van der Waals surface area contributed by atoms with Crippen molar-refractivity contribution in [2.24, 2.45) is 0 Å². The van der Waals surface area contributed by atoms with Crippen LogP contribution in [0.2, 0.25) is 0 Å². The molecule has 0 aromatic heterocycles. The smallest absolute Gasteiger partial charge is 0.200 e. The van der Waals surface area contributed by atoms with Crippen molar-refractivity contribution in [1.82, 2.24) is 0 Å². The lowest BCUT2D eigenvalue weighted by atomic mass is 9.99. The molecule has 0 atom stereocenters. The summed E-state index contributed by atoms with van der Waals surface area (Å²) in [7, 11) is 3.06. The number of hydrogen-bond donors (Lipinski definition) is 1. The van der Waals surface area contributed by atoms with Crippen molar-refractivity contribution in [1.29, 1.82) is 0 Å². The first-order valence-corrected chi connectivity index (χ1v) is 6.20. The molecule has 0 unspecified atom stereocenters. The minimum atomic E-state index is -0.151. The van der Waals surface area contributed by atoms with Gasteiger partial charge in [0, 0.05) is 11.3 Å². The van der Waals surface area contributed by atoms with Gasteiger partial charge < -0.3 is 15.2 Å². The van der Waals surface area contributed by atoms with Gasteiger partial charge in [-0.15, -0.1) is 0 Å². The molecule has 0 heterocycles. The van der Waals surface area contributed by atoms with Crippen molar-refractivity contribution >= 4 is 11.5 Å². The lowest BCUT2D eigenvalue weighted by molar-refractivity contribution is 0.103. The van der Waals surface area contributed by atoms with Gasteiger partial charge >= 0.3 is 0 Å². The number of carbonyl (C=O) groups is 1. The summed E-state index contributed by atoms with van der Waals surface area (Å²) in [5.41, 5.74) is 8.28. The van der Waals surface area contributed by atoms with Gasteiger partial charge in [0.15, 0.2) is 0 Å². The van der Waals surface area contributed by atoms with Crippen LogP contribution in [0.5, 0.6) is 11.5 Å². The Morgan fingerprint density at radius 3 is 2.15 bits per heavy atom. The Hall–Kier alpha value is -2.49. The van der Waals surface area contributed by atoms with Gasteiger partial charge in [-0.1, -0.05) is 6.07 Å². The van der Waals surface area contributed by atoms with Gasteiger partial charge in [-0.25, -0.2) is 0 Å². The lowest BCUT2D eigenvalue weighted by Gasteiger charge is -2.12. The summed E-state index contributed by atoms with van der Waals surface area (Å²) in [5.74, 6) is 0.829. The second kappa shape index (κ2) is 5.65. The zero-order chi connectivity index (χ0) is 14.7. The SMILES string of the molecule is COc1cccc(OC)c1C(=O)c1ccc(N)c(C)c1. The van der Waals surface area contributed by atoms with Crippen LogP contribution in [0.4, 0.5) is 5.69 Å². The fourth-order valence-corrected chi connectivity index (χ4v) is 2.04. The molecule has 0 saturated heterocycles. The number of ketones is 1. The van der Waals surface area contributed by atoms with Crippen LogP contribution in [0, 0.1) is 6.92 Å². The third-order valence-corrected chi connectivity index (χ3v) is 3.19. The predicted molar refractivity (Wildman–Crippen MR) is 78.6 cm³/mol. The van der Waals surface area contributed by atoms with Gasteiger partial charge in [-0.2, -0.15) is 0 Å². The maximum Gasteiger partial charge on any atom is 0.200 e. The van der Waals surface area contributed by atoms with Gasteiger partial charge in [-0.05, 0) is 42.8 Å². The molecule has 0 bridgehead atoms. The number of benzene rings is 2. The van der Waals surface area contributed by atoms with Gasteiger partial charge in [0.1, 0.15) is 17.1 Å². The molecule has 104 valence electrons. The van der Waals surface area contributed by atoms with Crippen LogP contribution in [-0.4, -0.2) is 20.0 Å². The second-order valence-electron chi connectivity index (χ2n) is 4.44. The number of rotatable bonds is 4. The number of aryl methyl sites for hydroxylation is 1. The van der Waals surface area contributed by atoms with Crippen molar-refractivity contribution in [2.75, 3.05) is 20.0 Å². The van der Waals surface area contributed by atoms with Crippen molar-refractivity contribution < 1.29 is 14.3 Å². The summed E-state index contributed by atoms with van der Waals surface area (Å²) in [6, 6.07) is 10.5. The van der Waals surface area contributed by atoms with Crippen molar-refractivity contribution in [2.45, 2.75) is 6.92 Å². The average Bonchev–Trinajstić information content (AvgIpc) is 2.48. The van der Waals surface area contributed by atoms with Gasteiger partial charge in [0.25, 0.3) is 0 Å². The molecule has 0 radical (unpaired) electrons. The first-order valence-electron chi connectivity index (χ1n) is 6.20. The maximum atomic E-state index is 12.7. The number of carbonyl (C=O) groups excluding carboxylic acids is 1. The Morgan fingerprint density at radius 2 is 1.65 bits per heavy atom. The number of hydrogen-bond acceptors (Lipinski definition) is 4. The average molecular weight is 271 g/mol. The normalized spacial score (nSPS) is 10.2. The van der Waals surface area contributed by atoms with E-state index in [1.54, 1.807) is 36.4 Å². The first kappa shape index (κ1) is 13.9. The summed E-state index contributed by atoms with van der Waals surface area (Å²) in [6.45, 7) is 1.87. The summed E-state index contributed by atoms with van der Waals surface area (Å²) in [6.07, 6.45) is 0. The topological polar surface area (TPSA) is 61.5 Å². The first-order chi connectivity index (χ1) is 9.58. The third kappa shape index (κ3) is 2.45. The summed E-state index contributed by atoms with van der Waals surface area (Å²) in [4.78, 5) is 12.7. The highest BCUT2D eigenvalue weighted by Gasteiger charge is 2.20. The van der Waals surface area contributed by atoms with Crippen LogP contribution in [0.15, 0.2) is 36.4 Å². The number of methoxy groups -OCH3 is 2. The molecule has 0 aliphatic carbocycles. The summed E-state index contributed by atoms with van der Waals surface area (Å²) < 4.78 is 10.5.